The highest BCUT2D eigenvalue weighted by molar-refractivity contribution is 7.12. The van der Waals surface area contributed by atoms with Crippen molar-refractivity contribution in [1.82, 2.24) is 15.5 Å². The average molecular weight is 402 g/mol. The molecule has 2 heterocycles. The summed E-state index contributed by atoms with van der Waals surface area (Å²) in [5.41, 5.74) is 3.82. The van der Waals surface area contributed by atoms with Gasteiger partial charge in [0.25, 0.3) is 5.91 Å². The van der Waals surface area contributed by atoms with Gasteiger partial charge < -0.3 is 9.84 Å². The summed E-state index contributed by atoms with van der Waals surface area (Å²) >= 11 is 7.56. The Bertz CT molecular complexity index is 978. The minimum absolute atomic E-state index is 0.216. The number of nitrogens with one attached hydrogen (secondary N) is 1. The highest BCUT2D eigenvalue weighted by atomic mass is 35.5. The molecular formula is C20H20ClN3O2S. The number of aryl methyl sites for hydroxylation is 2. The summed E-state index contributed by atoms with van der Waals surface area (Å²) in [5, 5.41) is 8.62. The number of hydrogen-bond donors (Lipinski definition) is 1. The zero-order chi connectivity index (χ0) is 19.0. The van der Waals surface area contributed by atoms with E-state index in [1.807, 2.05) is 38.1 Å². The highest BCUT2D eigenvalue weighted by Crippen LogP contribution is 2.31. The number of thiazole rings is 1. The molecule has 0 spiro atoms. The van der Waals surface area contributed by atoms with Gasteiger partial charge in [-0.1, -0.05) is 28.9 Å². The molecule has 0 saturated carbocycles. The van der Waals surface area contributed by atoms with Gasteiger partial charge in [0.1, 0.15) is 5.01 Å². The van der Waals surface area contributed by atoms with E-state index in [1.54, 1.807) is 11.3 Å². The molecule has 1 unspecified atom stereocenters. The summed E-state index contributed by atoms with van der Waals surface area (Å²) in [7, 11) is 0. The lowest BCUT2D eigenvalue weighted by molar-refractivity contribution is 0.0901. The van der Waals surface area contributed by atoms with E-state index in [0.717, 1.165) is 58.1 Å². The van der Waals surface area contributed by atoms with Crippen LogP contribution in [0.25, 0.3) is 11.3 Å². The lowest BCUT2D eigenvalue weighted by Crippen LogP contribution is -2.27. The van der Waals surface area contributed by atoms with Gasteiger partial charge in [0.2, 0.25) is 5.76 Å². The van der Waals surface area contributed by atoms with Crippen molar-refractivity contribution in [3.05, 3.63) is 56.2 Å². The van der Waals surface area contributed by atoms with E-state index >= 15 is 0 Å². The van der Waals surface area contributed by atoms with E-state index in [9.17, 15) is 4.79 Å². The molecule has 2 aromatic heterocycles. The van der Waals surface area contributed by atoms with Crippen molar-refractivity contribution in [1.29, 1.82) is 0 Å². The molecule has 4 rings (SSSR count). The Hall–Kier alpha value is -2.18. The van der Waals surface area contributed by atoms with E-state index in [2.05, 4.69) is 10.5 Å². The van der Waals surface area contributed by atoms with E-state index in [1.165, 1.54) is 0 Å². The molecule has 7 heteroatoms. The summed E-state index contributed by atoms with van der Waals surface area (Å²) in [4.78, 5) is 18.5. The zero-order valence-electron chi connectivity index (χ0n) is 15.2. The van der Waals surface area contributed by atoms with Crippen LogP contribution in [0.4, 0.5) is 0 Å². The first-order valence-corrected chi connectivity index (χ1v) is 10.2. The van der Waals surface area contributed by atoms with Crippen molar-refractivity contribution in [3.63, 3.8) is 0 Å². The SMILES string of the molecule is Cc1sc(C(C)NC(=O)c2onc3c2CCCC3)nc1-c1ccc(Cl)cc1. The minimum atomic E-state index is -0.223. The van der Waals surface area contributed by atoms with Gasteiger partial charge >= 0.3 is 0 Å². The number of carbonyl (C=O) groups is 1. The largest absolute Gasteiger partial charge is 0.350 e. The molecule has 1 aliphatic carbocycles. The van der Waals surface area contributed by atoms with Gasteiger partial charge in [-0.25, -0.2) is 4.98 Å². The smallest absolute Gasteiger partial charge is 0.290 e. The summed E-state index contributed by atoms with van der Waals surface area (Å²) in [6.07, 6.45) is 3.91. The minimum Gasteiger partial charge on any atom is -0.350 e. The van der Waals surface area contributed by atoms with Crippen LogP contribution in [0.3, 0.4) is 0 Å². The predicted molar refractivity (Wildman–Crippen MR) is 106 cm³/mol. The molecule has 5 nitrogen and oxygen atoms in total. The van der Waals surface area contributed by atoms with Gasteiger partial charge in [-0.15, -0.1) is 11.3 Å². The molecular weight excluding hydrogens is 382 g/mol. The second-order valence-electron chi connectivity index (χ2n) is 6.80. The van der Waals surface area contributed by atoms with Crippen molar-refractivity contribution in [2.24, 2.45) is 0 Å². The summed E-state index contributed by atoms with van der Waals surface area (Å²) in [6, 6.07) is 7.41. The Kier molecular flexibility index (Phi) is 5.02. The predicted octanol–water partition coefficient (Wildman–Crippen LogP) is 5.13. The second kappa shape index (κ2) is 7.44. The van der Waals surface area contributed by atoms with Crippen LogP contribution in [0.15, 0.2) is 28.8 Å². The first kappa shape index (κ1) is 18.2. The molecule has 1 amide bonds. The van der Waals surface area contributed by atoms with Crippen molar-refractivity contribution >= 4 is 28.8 Å². The number of hydrogen-bond acceptors (Lipinski definition) is 5. The lowest BCUT2D eigenvalue weighted by atomic mass is 9.96. The Morgan fingerprint density at radius 3 is 2.78 bits per heavy atom. The van der Waals surface area contributed by atoms with Gasteiger partial charge in [0.15, 0.2) is 0 Å². The van der Waals surface area contributed by atoms with Crippen molar-refractivity contribution < 1.29 is 9.32 Å². The first-order valence-electron chi connectivity index (χ1n) is 9.04. The Labute approximate surface area is 166 Å². The standard InChI is InChI=1S/C20H20ClN3O2S/c1-11(22-19(25)18-15-5-3-4-6-16(15)24-26-18)20-23-17(12(2)27-20)13-7-9-14(21)10-8-13/h7-11H,3-6H2,1-2H3,(H,22,25). The molecule has 3 aromatic rings. The van der Waals surface area contributed by atoms with Gasteiger partial charge in [0, 0.05) is 21.0 Å². The second-order valence-corrected chi connectivity index (χ2v) is 8.47. The normalized spacial score (nSPS) is 14.6. The average Bonchev–Trinajstić information content (AvgIpc) is 3.26. The third-order valence-electron chi connectivity index (χ3n) is 4.81. The number of aromatic nitrogens is 2. The molecule has 27 heavy (non-hydrogen) atoms. The maximum atomic E-state index is 12.7. The molecule has 0 fully saturated rings. The molecule has 1 atom stereocenters. The molecule has 1 aliphatic rings. The topological polar surface area (TPSA) is 68.0 Å². The van der Waals surface area contributed by atoms with Gasteiger partial charge in [0.05, 0.1) is 17.4 Å². The summed E-state index contributed by atoms with van der Waals surface area (Å²) in [6.45, 7) is 3.97. The molecule has 140 valence electrons. The van der Waals surface area contributed by atoms with Crippen LogP contribution in [0.1, 0.15) is 57.5 Å². The third kappa shape index (κ3) is 3.64. The van der Waals surface area contributed by atoms with Crippen LogP contribution in [-0.4, -0.2) is 16.0 Å². The van der Waals surface area contributed by atoms with Crippen LogP contribution < -0.4 is 5.32 Å². The molecule has 0 radical (unpaired) electrons. The van der Waals surface area contributed by atoms with Gasteiger partial charge in [-0.05, 0) is 51.7 Å². The lowest BCUT2D eigenvalue weighted by Gasteiger charge is -2.12. The zero-order valence-corrected chi connectivity index (χ0v) is 16.8. The maximum Gasteiger partial charge on any atom is 0.290 e. The van der Waals surface area contributed by atoms with Crippen LogP contribution in [0, 0.1) is 6.92 Å². The number of rotatable bonds is 4. The molecule has 0 bridgehead atoms. The fourth-order valence-corrected chi connectivity index (χ4v) is 4.44. The monoisotopic (exact) mass is 401 g/mol. The Morgan fingerprint density at radius 1 is 1.26 bits per heavy atom. The van der Waals surface area contributed by atoms with E-state index in [4.69, 9.17) is 21.1 Å². The number of halogens is 1. The molecule has 0 aliphatic heterocycles. The molecule has 1 aromatic carbocycles. The van der Waals surface area contributed by atoms with Crippen LogP contribution in [0.5, 0.6) is 0 Å². The fourth-order valence-electron chi connectivity index (χ4n) is 3.37. The highest BCUT2D eigenvalue weighted by Gasteiger charge is 2.26. The summed E-state index contributed by atoms with van der Waals surface area (Å²) < 4.78 is 5.33. The van der Waals surface area contributed by atoms with E-state index < -0.39 is 0 Å². The first-order chi connectivity index (χ1) is 13.0. The number of amides is 1. The van der Waals surface area contributed by atoms with Crippen LogP contribution >= 0.6 is 22.9 Å². The van der Waals surface area contributed by atoms with Gasteiger partial charge in [-0.2, -0.15) is 0 Å². The Morgan fingerprint density at radius 2 is 2.00 bits per heavy atom. The molecule has 1 N–H and O–H groups in total. The van der Waals surface area contributed by atoms with Crippen LogP contribution in [-0.2, 0) is 12.8 Å². The van der Waals surface area contributed by atoms with Crippen molar-refractivity contribution in [3.8, 4) is 11.3 Å². The third-order valence-corrected chi connectivity index (χ3v) is 6.22. The van der Waals surface area contributed by atoms with Gasteiger partial charge in [-0.3, -0.25) is 4.79 Å². The summed E-state index contributed by atoms with van der Waals surface area (Å²) in [5.74, 6) is 0.127. The fraction of sp³-hybridized carbons (Fsp3) is 0.350. The number of fused-ring (bicyclic) bond motifs is 1. The quantitative estimate of drug-likeness (QED) is 0.658. The maximum absolute atomic E-state index is 12.7. The number of carbonyl (C=O) groups excluding carboxylic acids is 1. The van der Waals surface area contributed by atoms with Crippen molar-refractivity contribution in [2.45, 2.75) is 45.6 Å². The Balaban J connectivity index is 1.52. The van der Waals surface area contributed by atoms with E-state index in [-0.39, 0.29) is 11.9 Å². The van der Waals surface area contributed by atoms with Crippen LogP contribution in [0.2, 0.25) is 5.02 Å². The number of nitrogens with zero attached hydrogens (tertiary/aromatic N) is 2. The number of benzene rings is 1. The van der Waals surface area contributed by atoms with E-state index in [0.29, 0.717) is 10.8 Å². The van der Waals surface area contributed by atoms with Crippen molar-refractivity contribution in [2.75, 3.05) is 0 Å². The molecule has 0 saturated heterocycles.